The van der Waals surface area contributed by atoms with Crippen LogP contribution in [0.3, 0.4) is 0 Å². The summed E-state index contributed by atoms with van der Waals surface area (Å²) in [6.07, 6.45) is 6.85. The first kappa shape index (κ1) is 23.3. The van der Waals surface area contributed by atoms with Crippen LogP contribution in [0.2, 0.25) is 0 Å². The number of carboxylic acids is 1. The topological polar surface area (TPSA) is 71.3 Å². The van der Waals surface area contributed by atoms with Crippen LogP contribution in [0.4, 0.5) is 4.39 Å². The Hall–Kier alpha value is -3.41. The van der Waals surface area contributed by atoms with Crippen molar-refractivity contribution < 1.29 is 19.1 Å². The number of allylic oxidation sites excluding steroid dienone is 1. The standard InChI is InChI=1S/C26H29FN2O3/c1-18(2)29-22-10-8-7-9-21(22)26(19-13-15-20(27)16-14-19)23(29)11-5-3-4-6-12-24(30)28-17-25(31)32/h5,7-11,13-16,18H,3-4,6,12,17H2,1-2H3,(H,28,30)(H,31,32)/b11-5+. The SMILES string of the molecule is CC(C)n1c(/C=C/CCCCC(=O)NCC(=O)O)c(-c2ccc(F)cc2)c2ccccc21. The minimum absolute atomic E-state index is 0.241. The van der Waals surface area contributed by atoms with Crippen LogP contribution in [-0.2, 0) is 9.59 Å². The Morgan fingerprint density at radius 3 is 2.50 bits per heavy atom. The molecule has 2 aromatic carbocycles. The summed E-state index contributed by atoms with van der Waals surface area (Å²) in [7, 11) is 0. The average molecular weight is 437 g/mol. The van der Waals surface area contributed by atoms with Gasteiger partial charge in [-0.25, -0.2) is 4.39 Å². The fourth-order valence-corrected chi connectivity index (χ4v) is 3.93. The summed E-state index contributed by atoms with van der Waals surface area (Å²) in [6, 6.07) is 15.1. The average Bonchev–Trinajstić information content (AvgIpc) is 3.09. The van der Waals surface area contributed by atoms with Crippen LogP contribution < -0.4 is 5.32 Å². The van der Waals surface area contributed by atoms with Gasteiger partial charge in [-0.15, -0.1) is 0 Å². The Morgan fingerprint density at radius 1 is 1.09 bits per heavy atom. The lowest BCUT2D eigenvalue weighted by atomic mass is 10.0. The van der Waals surface area contributed by atoms with Crippen LogP contribution >= 0.6 is 0 Å². The second-order valence-corrected chi connectivity index (χ2v) is 8.07. The van der Waals surface area contributed by atoms with Gasteiger partial charge in [0.25, 0.3) is 0 Å². The van der Waals surface area contributed by atoms with Gasteiger partial charge < -0.3 is 15.0 Å². The highest BCUT2D eigenvalue weighted by Crippen LogP contribution is 2.37. The summed E-state index contributed by atoms with van der Waals surface area (Å²) in [5, 5.41) is 12.1. The van der Waals surface area contributed by atoms with Crippen molar-refractivity contribution >= 4 is 28.9 Å². The summed E-state index contributed by atoms with van der Waals surface area (Å²) >= 11 is 0. The molecule has 0 aliphatic rings. The second kappa shape index (κ2) is 10.8. The maximum atomic E-state index is 13.5. The van der Waals surface area contributed by atoms with Crippen LogP contribution in [0.1, 0.15) is 51.3 Å². The molecule has 5 nitrogen and oxygen atoms in total. The van der Waals surface area contributed by atoms with Crippen LogP contribution in [0.15, 0.2) is 54.6 Å². The first-order valence-electron chi connectivity index (χ1n) is 10.9. The number of para-hydroxylation sites is 1. The molecular formula is C26H29FN2O3. The van der Waals surface area contributed by atoms with Crippen molar-refractivity contribution in [1.29, 1.82) is 0 Å². The molecule has 0 radical (unpaired) electrons. The molecule has 3 aromatic rings. The molecule has 0 aliphatic carbocycles. The van der Waals surface area contributed by atoms with E-state index in [2.05, 4.69) is 48.0 Å². The van der Waals surface area contributed by atoms with E-state index in [4.69, 9.17) is 5.11 Å². The number of aliphatic carboxylic acids is 1. The smallest absolute Gasteiger partial charge is 0.322 e. The lowest BCUT2D eigenvalue weighted by Crippen LogP contribution is -2.28. The van der Waals surface area contributed by atoms with Crippen molar-refractivity contribution in [3.05, 3.63) is 66.1 Å². The second-order valence-electron chi connectivity index (χ2n) is 8.07. The Bertz CT molecular complexity index is 1110. The van der Waals surface area contributed by atoms with Gasteiger partial charge in [0.2, 0.25) is 5.91 Å². The van der Waals surface area contributed by atoms with Gasteiger partial charge in [0.15, 0.2) is 0 Å². The zero-order valence-electron chi connectivity index (χ0n) is 18.5. The number of halogens is 1. The number of fused-ring (bicyclic) bond motifs is 1. The van der Waals surface area contributed by atoms with E-state index in [0.29, 0.717) is 12.8 Å². The number of carbonyl (C=O) groups excluding carboxylic acids is 1. The zero-order chi connectivity index (χ0) is 23.1. The van der Waals surface area contributed by atoms with E-state index < -0.39 is 5.97 Å². The van der Waals surface area contributed by atoms with Gasteiger partial charge in [-0.05, 0) is 62.9 Å². The first-order chi connectivity index (χ1) is 15.4. The van der Waals surface area contributed by atoms with Gasteiger partial charge in [-0.3, -0.25) is 9.59 Å². The highest BCUT2D eigenvalue weighted by atomic mass is 19.1. The number of carbonyl (C=O) groups is 2. The number of carboxylic acid groups (broad SMARTS) is 1. The van der Waals surface area contributed by atoms with E-state index in [1.165, 1.54) is 12.1 Å². The molecule has 0 bridgehead atoms. The van der Waals surface area contributed by atoms with Crippen LogP contribution in [0.5, 0.6) is 0 Å². The number of amides is 1. The van der Waals surface area contributed by atoms with Crippen LogP contribution in [0, 0.1) is 5.82 Å². The van der Waals surface area contributed by atoms with Gasteiger partial charge in [0.05, 0.1) is 0 Å². The Kier molecular flexibility index (Phi) is 7.82. The van der Waals surface area contributed by atoms with E-state index in [1.807, 2.05) is 24.3 Å². The predicted octanol–water partition coefficient (Wildman–Crippen LogP) is 5.80. The van der Waals surface area contributed by atoms with Gasteiger partial charge >= 0.3 is 5.97 Å². The highest BCUT2D eigenvalue weighted by molar-refractivity contribution is 6.01. The Balaban J connectivity index is 1.80. The van der Waals surface area contributed by atoms with E-state index in [1.54, 1.807) is 0 Å². The number of unbranched alkanes of at least 4 members (excludes halogenated alkanes) is 2. The largest absolute Gasteiger partial charge is 0.480 e. The number of nitrogens with one attached hydrogen (secondary N) is 1. The summed E-state index contributed by atoms with van der Waals surface area (Å²) in [5.41, 5.74) is 4.26. The summed E-state index contributed by atoms with van der Waals surface area (Å²) in [4.78, 5) is 22.1. The number of rotatable bonds is 10. The Labute approximate surface area is 187 Å². The molecule has 168 valence electrons. The van der Waals surface area contributed by atoms with Gasteiger partial charge in [0, 0.05) is 34.6 Å². The summed E-state index contributed by atoms with van der Waals surface area (Å²) in [5.74, 6) is -1.54. The molecule has 0 aliphatic heterocycles. The Morgan fingerprint density at radius 2 is 1.81 bits per heavy atom. The fraction of sp³-hybridized carbons (Fsp3) is 0.308. The molecular weight excluding hydrogens is 407 g/mol. The molecule has 2 N–H and O–H groups in total. The lowest BCUT2D eigenvalue weighted by Gasteiger charge is -2.13. The molecule has 1 amide bonds. The van der Waals surface area contributed by atoms with Crippen molar-refractivity contribution in [2.75, 3.05) is 6.54 Å². The van der Waals surface area contributed by atoms with Crippen LogP contribution in [0.25, 0.3) is 28.1 Å². The van der Waals surface area contributed by atoms with E-state index >= 15 is 0 Å². The van der Waals surface area contributed by atoms with Crippen LogP contribution in [-0.4, -0.2) is 28.1 Å². The number of hydrogen-bond donors (Lipinski definition) is 2. The molecule has 32 heavy (non-hydrogen) atoms. The fourth-order valence-electron chi connectivity index (χ4n) is 3.93. The molecule has 0 spiro atoms. The maximum absolute atomic E-state index is 13.5. The third-order valence-corrected chi connectivity index (χ3v) is 5.34. The van der Waals surface area contributed by atoms with Gasteiger partial charge in [-0.2, -0.15) is 0 Å². The lowest BCUT2D eigenvalue weighted by molar-refractivity contribution is -0.137. The molecule has 0 unspecified atom stereocenters. The molecule has 1 aromatic heterocycles. The van der Waals surface area contributed by atoms with Gasteiger partial charge in [0.1, 0.15) is 12.4 Å². The predicted molar refractivity (Wildman–Crippen MR) is 126 cm³/mol. The first-order valence-corrected chi connectivity index (χ1v) is 10.9. The number of nitrogens with zero attached hydrogens (tertiary/aromatic N) is 1. The minimum Gasteiger partial charge on any atom is -0.480 e. The molecule has 3 rings (SSSR count). The van der Waals surface area contributed by atoms with E-state index in [-0.39, 0.29) is 24.3 Å². The van der Waals surface area contributed by atoms with Crippen molar-refractivity contribution in [2.24, 2.45) is 0 Å². The zero-order valence-corrected chi connectivity index (χ0v) is 18.5. The summed E-state index contributed by atoms with van der Waals surface area (Å²) in [6.45, 7) is 3.95. The molecule has 0 atom stereocenters. The molecule has 1 heterocycles. The molecule has 0 fully saturated rings. The van der Waals surface area contributed by atoms with Crippen molar-refractivity contribution in [1.82, 2.24) is 9.88 Å². The number of benzene rings is 2. The number of aromatic nitrogens is 1. The quantitative estimate of drug-likeness (QED) is 0.395. The maximum Gasteiger partial charge on any atom is 0.322 e. The van der Waals surface area contributed by atoms with E-state index in [0.717, 1.165) is 40.6 Å². The molecule has 6 heteroatoms. The monoisotopic (exact) mass is 436 g/mol. The number of hydrogen-bond acceptors (Lipinski definition) is 2. The van der Waals surface area contributed by atoms with Crippen molar-refractivity contribution in [2.45, 2.75) is 45.6 Å². The minimum atomic E-state index is -1.04. The molecule has 0 saturated carbocycles. The normalized spacial score (nSPS) is 11.5. The van der Waals surface area contributed by atoms with E-state index in [9.17, 15) is 14.0 Å². The van der Waals surface area contributed by atoms with Crippen molar-refractivity contribution in [3.63, 3.8) is 0 Å². The van der Waals surface area contributed by atoms with Crippen molar-refractivity contribution in [3.8, 4) is 11.1 Å². The molecule has 0 saturated heterocycles. The summed E-state index contributed by atoms with van der Waals surface area (Å²) < 4.78 is 15.8. The third-order valence-electron chi connectivity index (χ3n) is 5.34. The van der Waals surface area contributed by atoms with Gasteiger partial charge in [-0.1, -0.05) is 36.4 Å². The third kappa shape index (κ3) is 5.63. The highest BCUT2D eigenvalue weighted by Gasteiger charge is 2.18.